The van der Waals surface area contributed by atoms with Crippen LogP contribution in [0.15, 0.2) is 36.4 Å². The lowest BCUT2D eigenvalue weighted by molar-refractivity contribution is 0.677. The van der Waals surface area contributed by atoms with Crippen LogP contribution in [0.4, 0.5) is 5.82 Å². The number of hydrogen-bond donors (Lipinski definition) is 1. The second-order valence-electron chi connectivity index (χ2n) is 7.24. The van der Waals surface area contributed by atoms with Gasteiger partial charge in [0.15, 0.2) is 0 Å². The van der Waals surface area contributed by atoms with Crippen molar-refractivity contribution in [1.82, 2.24) is 9.38 Å². The van der Waals surface area contributed by atoms with Crippen LogP contribution in [0.3, 0.4) is 0 Å². The second-order valence-corrected chi connectivity index (χ2v) is 7.24. The van der Waals surface area contributed by atoms with E-state index >= 15 is 0 Å². The maximum absolute atomic E-state index is 5.20. The Morgan fingerprint density at radius 2 is 1.81 bits per heavy atom. The maximum atomic E-state index is 5.20. The zero-order valence-corrected chi connectivity index (χ0v) is 16.6. The number of imidazole rings is 1. The third kappa shape index (κ3) is 4.31. The third-order valence-electron chi connectivity index (χ3n) is 4.96. The predicted octanol–water partition coefficient (Wildman–Crippen LogP) is 5.86. The molecule has 2 heterocycles. The second kappa shape index (κ2) is 8.73. The standard InChI is InChI=1S/C23H29N4/c1-17-15-19(3)27-21(16-17)26-22(20-12-8-7-11-18(20)2)23(27)25-14-10-6-5-9-13-24-4/h4,7-8,11-12,15-16,25H,5-6,9-10,13-14H2,1-3H3/q+1. The Morgan fingerprint density at radius 1 is 1.04 bits per heavy atom. The van der Waals surface area contributed by atoms with Gasteiger partial charge in [-0.15, -0.1) is 0 Å². The summed E-state index contributed by atoms with van der Waals surface area (Å²) in [6, 6.07) is 12.8. The molecule has 0 amide bonds. The van der Waals surface area contributed by atoms with Crippen LogP contribution in [0.25, 0.3) is 21.7 Å². The first kappa shape index (κ1) is 19.0. The molecule has 4 heteroatoms. The van der Waals surface area contributed by atoms with Gasteiger partial charge >= 0.3 is 0 Å². The number of aromatic nitrogens is 2. The highest BCUT2D eigenvalue weighted by Crippen LogP contribution is 2.32. The van der Waals surface area contributed by atoms with Gasteiger partial charge in [-0.3, -0.25) is 4.40 Å². The molecule has 140 valence electrons. The zero-order chi connectivity index (χ0) is 19.2. The van der Waals surface area contributed by atoms with Crippen LogP contribution in [0.2, 0.25) is 0 Å². The van der Waals surface area contributed by atoms with Gasteiger partial charge in [-0.25, -0.2) is 4.98 Å². The Morgan fingerprint density at radius 3 is 2.59 bits per heavy atom. The number of nitrogens with one attached hydrogen (secondary N) is 1. The Bertz CT molecular complexity index is 962. The molecule has 0 aliphatic carbocycles. The fraction of sp³-hybridized carbons (Fsp3) is 0.391. The van der Waals surface area contributed by atoms with Crippen molar-refractivity contribution < 1.29 is 0 Å². The van der Waals surface area contributed by atoms with Gasteiger partial charge in [0.1, 0.15) is 17.2 Å². The van der Waals surface area contributed by atoms with Crippen molar-refractivity contribution in [3.63, 3.8) is 0 Å². The molecule has 0 bridgehead atoms. The minimum Gasteiger partial charge on any atom is -0.369 e. The van der Waals surface area contributed by atoms with Crippen molar-refractivity contribution in [2.75, 3.05) is 18.4 Å². The number of anilines is 1. The van der Waals surface area contributed by atoms with E-state index in [1.807, 2.05) is 0 Å². The first-order valence-corrected chi connectivity index (χ1v) is 9.78. The van der Waals surface area contributed by atoms with Crippen LogP contribution in [-0.2, 0) is 0 Å². The van der Waals surface area contributed by atoms with Crippen molar-refractivity contribution in [2.45, 2.75) is 46.5 Å². The highest BCUT2D eigenvalue weighted by molar-refractivity contribution is 5.79. The molecule has 3 aromatic rings. The molecular formula is C23H29N4+. The molecule has 0 fully saturated rings. The van der Waals surface area contributed by atoms with Crippen LogP contribution >= 0.6 is 0 Å². The molecule has 0 atom stereocenters. The summed E-state index contributed by atoms with van der Waals surface area (Å²) in [4.78, 5) is 8.65. The molecule has 3 rings (SSSR count). The van der Waals surface area contributed by atoms with Gasteiger partial charge < -0.3 is 5.32 Å². The van der Waals surface area contributed by atoms with E-state index in [2.05, 4.69) is 71.7 Å². The molecule has 2 aromatic heterocycles. The highest BCUT2D eigenvalue weighted by Gasteiger charge is 2.16. The molecule has 0 radical (unpaired) electrons. The van der Waals surface area contributed by atoms with E-state index in [1.165, 1.54) is 35.2 Å². The fourth-order valence-corrected chi connectivity index (χ4v) is 3.61. The summed E-state index contributed by atoms with van der Waals surface area (Å²) in [5, 5.41) is 3.67. The molecule has 0 saturated carbocycles. The predicted molar refractivity (Wildman–Crippen MR) is 115 cm³/mol. The van der Waals surface area contributed by atoms with E-state index in [0.29, 0.717) is 0 Å². The Kier molecular flexibility index (Phi) is 6.13. The van der Waals surface area contributed by atoms with E-state index in [9.17, 15) is 0 Å². The molecule has 4 nitrogen and oxygen atoms in total. The minimum absolute atomic E-state index is 0.761. The van der Waals surface area contributed by atoms with Crippen molar-refractivity contribution in [3.8, 4) is 17.8 Å². The first-order valence-electron chi connectivity index (χ1n) is 9.78. The summed E-state index contributed by atoms with van der Waals surface area (Å²) in [5.74, 6) is 1.09. The lowest BCUT2D eigenvalue weighted by Crippen LogP contribution is -2.07. The quantitative estimate of drug-likeness (QED) is 0.510. The van der Waals surface area contributed by atoms with Gasteiger partial charge in [0, 0.05) is 24.2 Å². The van der Waals surface area contributed by atoms with Gasteiger partial charge in [-0.1, -0.05) is 35.5 Å². The van der Waals surface area contributed by atoms with Crippen LogP contribution in [0.5, 0.6) is 0 Å². The molecule has 27 heavy (non-hydrogen) atoms. The van der Waals surface area contributed by atoms with E-state index in [-0.39, 0.29) is 0 Å². The number of hydrogen-bond acceptors (Lipinski definition) is 2. The Balaban J connectivity index is 1.88. The van der Waals surface area contributed by atoms with Crippen molar-refractivity contribution in [1.29, 1.82) is 0 Å². The normalized spacial score (nSPS) is 10.9. The molecular weight excluding hydrogens is 332 g/mol. The number of rotatable bonds is 8. The lowest BCUT2D eigenvalue weighted by Gasteiger charge is -2.12. The number of pyridine rings is 1. The smallest absolute Gasteiger partial charge is 0.263 e. The minimum atomic E-state index is 0.761. The van der Waals surface area contributed by atoms with Gasteiger partial charge in [-0.2, -0.15) is 0 Å². The summed E-state index contributed by atoms with van der Waals surface area (Å²) in [5.41, 5.74) is 6.89. The number of nitrogens with zero attached hydrogens (tertiary/aromatic N) is 3. The number of fused-ring (bicyclic) bond motifs is 1. The Labute approximate surface area is 162 Å². The van der Waals surface area contributed by atoms with Crippen LogP contribution in [0, 0.1) is 27.3 Å². The van der Waals surface area contributed by atoms with E-state index in [1.54, 1.807) is 0 Å². The number of aryl methyl sites for hydroxylation is 3. The fourth-order valence-electron chi connectivity index (χ4n) is 3.61. The number of unbranched alkanes of at least 4 members (excludes halogenated alkanes) is 3. The molecule has 1 N–H and O–H groups in total. The van der Waals surface area contributed by atoms with Gasteiger partial charge in [0.2, 0.25) is 0 Å². The first-order chi connectivity index (χ1) is 13.1. The van der Waals surface area contributed by atoms with Gasteiger partial charge in [0.05, 0.1) is 0 Å². The molecule has 0 spiro atoms. The van der Waals surface area contributed by atoms with E-state index < -0.39 is 0 Å². The molecule has 0 aliphatic heterocycles. The topological polar surface area (TPSA) is 33.7 Å². The SMILES string of the molecule is C#[N+]CCCCCCNc1c(-c2ccccc2C)nc2cc(C)cc(C)n12. The number of benzene rings is 1. The molecule has 0 saturated heterocycles. The summed E-state index contributed by atoms with van der Waals surface area (Å²) in [6.45, 7) is 13.3. The average Bonchev–Trinajstić information content (AvgIpc) is 2.99. The summed E-state index contributed by atoms with van der Waals surface area (Å²) in [7, 11) is 0. The van der Waals surface area contributed by atoms with Crippen LogP contribution in [-0.4, -0.2) is 22.5 Å². The van der Waals surface area contributed by atoms with Crippen molar-refractivity contribution in [2.24, 2.45) is 0 Å². The largest absolute Gasteiger partial charge is 0.369 e. The van der Waals surface area contributed by atoms with Gasteiger partial charge in [-0.05, 0) is 56.9 Å². The summed E-state index contributed by atoms with van der Waals surface area (Å²) < 4.78 is 2.24. The van der Waals surface area contributed by atoms with Crippen molar-refractivity contribution >= 4 is 11.5 Å². The van der Waals surface area contributed by atoms with Crippen LogP contribution in [0.1, 0.15) is 42.5 Å². The Hall–Kier alpha value is -2.80. The summed E-state index contributed by atoms with van der Waals surface area (Å²) >= 11 is 0. The van der Waals surface area contributed by atoms with Crippen molar-refractivity contribution in [3.05, 3.63) is 58.1 Å². The highest BCUT2D eigenvalue weighted by atomic mass is 15.1. The molecule has 0 aliphatic rings. The summed E-state index contributed by atoms with van der Waals surface area (Å²) in [6.07, 6.45) is 4.53. The molecule has 1 aromatic carbocycles. The lowest BCUT2D eigenvalue weighted by atomic mass is 10.1. The zero-order valence-electron chi connectivity index (χ0n) is 16.6. The van der Waals surface area contributed by atoms with Crippen LogP contribution < -0.4 is 5.32 Å². The monoisotopic (exact) mass is 361 g/mol. The van der Waals surface area contributed by atoms with E-state index in [4.69, 9.17) is 11.6 Å². The third-order valence-corrected chi connectivity index (χ3v) is 4.96. The maximum Gasteiger partial charge on any atom is 0.263 e. The molecule has 0 unspecified atom stereocenters. The van der Waals surface area contributed by atoms with E-state index in [0.717, 1.165) is 43.1 Å². The van der Waals surface area contributed by atoms with Gasteiger partial charge in [0.25, 0.3) is 13.1 Å². The average molecular weight is 362 g/mol.